The average Bonchev–Trinajstić information content (AvgIpc) is 2.97. The van der Waals surface area contributed by atoms with Gasteiger partial charge in [0, 0.05) is 31.5 Å². The van der Waals surface area contributed by atoms with E-state index in [1.807, 2.05) is 0 Å². The Kier molecular flexibility index (Phi) is 4.79. The molecule has 2 amide bonds. The predicted molar refractivity (Wildman–Crippen MR) is 86.9 cm³/mol. The number of rotatable bonds is 5. The molecule has 0 unspecified atom stereocenters. The van der Waals surface area contributed by atoms with E-state index in [4.69, 9.17) is 0 Å². The summed E-state index contributed by atoms with van der Waals surface area (Å²) in [5, 5.41) is 6.84. The highest BCUT2D eigenvalue weighted by Crippen LogP contribution is 2.37. The minimum absolute atomic E-state index is 0.00845. The zero-order valence-corrected chi connectivity index (χ0v) is 14.5. The number of aromatic nitrogens is 2. The number of carbonyl (C=O) groups excluding carboxylic acids is 2. The van der Waals surface area contributed by atoms with Gasteiger partial charge in [-0.3, -0.25) is 14.3 Å². The highest BCUT2D eigenvalue weighted by molar-refractivity contribution is 5.83. The van der Waals surface area contributed by atoms with Gasteiger partial charge in [-0.2, -0.15) is 5.10 Å². The van der Waals surface area contributed by atoms with E-state index in [-0.39, 0.29) is 31.2 Å². The Morgan fingerprint density at radius 2 is 2.12 bits per heavy atom. The molecule has 0 bridgehead atoms. The lowest BCUT2D eigenvalue weighted by Crippen LogP contribution is -2.54. The SMILES string of the molecule is CC(C)CCC(=O)N1Cc2ccnn2[C@H](C(=O)NC2CC(F)(F)C2)C1. The van der Waals surface area contributed by atoms with Gasteiger partial charge in [0.1, 0.15) is 6.04 Å². The van der Waals surface area contributed by atoms with Gasteiger partial charge < -0.3 is 10.2 Å². The molecule has 0 saturated heterocycles. The van der Waals surface area contributed by atoms with Gasteiger partial charge in [-0.1, -0.05) is 13.8 Å². The van der Waals surface area contributed by atoms with Crippen LogP contribution in [0, 0.1) is 5.92 Å². The van der Waals surface area contributed by atoms with Crippen molar-refractivity contribution in [2.24, 2.45) is 5.92 Å². The highest BCUT2D eigenvalue weighted by Gasteiger charge is 2.47. The minimum Gasteiger partial charge on any atom is -0.351 e. The van der Waals surface area contributed by atoms with Crippen LogP contribution in [-0.4, -0.2) is 45.0 Å². The maximum absolute atomic E-state index is 13.0. The van der Waals surface area contributed by atoms with Gasteiger partial charge in [-0.15, -0.1) is 0 Å². The molecule has 0 spiro atoms. The first-order valence-corrected chi connectivity index (χ1v) is 8.73. The molecule has 1 aromatic rings. The van der Waals surface area contributed by atoms with E-state index >= 15 is 0 Å². The van der Waals surface area contributed by atoms with Gasteiger partial charge in [0.15, 0.2) is 0 Å². The monoisotopic (exact) mass is 354 g/mol. The number of alkyl halides is 2. The molecule has 1 atom stereocenters. The molecular formula is C17H24F2N4O2. The third kappa shape index (κ3) is 3.99. The molecule has 2 heterocycles. The molecule has 1 aliphatic heterocycles. The summed E-state index contributed by atoms with van der Waals surface area (Å²) in [6.45, 7) is 4.76. The quantitative estimate of drug-likeness (QED) is 0.881. The molecule has 3 rings (SSSR count). The third-order valence-electron chi connectivity index (χ3n) is 4.82. The van der Waals surface area contributed by atoms with E-state index in [1.54, 1.807) is 21.8 Å². The van der Waals surface area contributed by atoms with Crippen LogP contribution in [0.5, 0.6) is 0 Å². The summed E-state index contributed by atoms with van der Waals surface area (Å²) in [4.78, 5) is 26.7. The van der Waals surface area contributed by atoms with E-state index in [2.05, 4.69) is 24.3 Å². The van der Waals surface area contributed by atoms with E-state index in [1.165, 1.54) is 0 Å². The Labute approximate surface area is 145 Å². The summed E-state index contributed by atoms with van der Waals surface area (Å²) >= 11 is 0. The summed E-state index contributed by atoms with van der Waals surface area (Å²) in [5.41, 5.74) is 0.781. The zero-order chi connectivity index (χ0) is 18.2. The van der Waals surface area contributed by atoms with E-state index < -0.39 is 18.0 Å². The fourth-order valence-electron chi connectivity index (χ4n) is 3.31. The van der Waals surface area contributed by atoms with Crippen molar-refractivity contribution in [2.75, 3.05) is 6.54 Å². The lowest BCUT2D eigenvalue weighted by molar-refractivity contribution is -0.138. The van der Waals surface area contributed by atoms with Gasteiger partial charge in [-0.25, -0.2) is 8.78 Å². The van der Waals surface area contributed by atoms with Crippen LogP contribution in [0.3, 0.4) is 0 Å². The normalized spacial score (nSPS) is 22.4. The van der Waals surface area contributed by atoms with Gasteiger partial charge in [-0.05, 0) is 18.4 Å². The van der Waals surface area contributed by atoms with Gasteiger partial charge in [0.25, 0.3) is 5.92 Å². The molecule has 0 radical (unpaired) electrons. The Morgan fingerprint density at radius 1 is 1.40 bits per heavy atom. The number of carbonyl (C=O) groups is 2. The van der Waals surface area contributed by atoms with E-state index in [0.29, 0.717) is 18.9 Å². The second kappa shape index (κ2) is 6.72. The van der Waals surface area contributed by atoms with Crippen LogP contribution in [0.2, 0.25) is 0 Å². The second-order valence-corrected chi connectivity index (χ2v) is 7.46. The molecule has 2 aliphatic rings. The predicted octanol–water partition coefficient (Wildman–Crippen LogP) is 2.12. The fraction of sp³-hybridized carbons (Fsp3) is 0.706. The molecule has 6 nitrogen and oxygen atoms in total. The first-order chi connectivity index (χ1) is 11.7. The molecule has 0 aromatic carbocycles. The molecule has 1 fully saturated rings. The summed E-state index contributed by atoms with van der Waals surface area (Å²) in [5.74, 6) is -2.60. The van der Waals surface area contributed by atoms with Crippen molar-refractivity contribution in [1.82, 2.24) is 20.0 Å². The van der Waals surface area contributed by atoms with Crippen LogP contribution >= 0.6 is 0 Å². The highest BCUT2D eigenvalue weighted by atomic mass is 19.3. The smallest absolute Gasteiger partial charge is 0.252 e. The van der Waals surface area contributed by atoms with Crippen molar-refractivity contribution in [2.45, 2.75) is 64.1 Å². The minimum atomic E-state index is -2.68. The molecule has 1 N–H and O–H groups in total. The van der Waals surface area contributed by atoms with Crippen LogP contribution in [0.15, 0.2) is 12.3 Å². The van der Waals surface area contributed by atoms with Crippen LogP contribution in [-0.2, 0) is 16.1 Å². The third-order valence-corrected chi connectivity index (χ3v) is 4.82. The summed E-state index contributed by atoms with van der Waals surface area (Å²) < 4.78 is 27.5. The van der Waals surface area contributed by atoms with Crippen molar-refractivity contribution in [1.29, 1.82) is 0 Å². The van der Waals surface area contributed by atoms with Crippen LogP contribution in [0.4, 0.5) is 8.78 Å². The van der Waals surface area contributed by atoms with E-state index in [9.17, 15) is 18.4 Å². The summed E-state index contributed by atoms with van der Waals surface area (Å²) in [6, 6.07) is 0.601. The first kappa shape index (κ1) is 17.8. The topological polar surface area (TPSA) is 67.2 Å². The molecule has 8 heteroatoms. The van der Waals surface area contributed by atoms with Gasteiger partial charge in [0.2, 0.25) is 11.8 Å². The molecule has 1 aliphatic carbocycles. The number of fused-ring (bicyclic) bond motifs is 1. The number of amides is 2. The molecule has 138 valence electrons. The maximum atomic E-state index is 13.0. The maximum Gasteiger partial charge on any atom is 0.252 e. The number of halogens is 2. The van der Waals surface area contributed by atoms with Crippen LogP contribution < -0.4 is 5.32 Å². The van der Waals surface area contributed by atoms with Gasteiger partial charge >= 0.3 is 0 Å². The molecular weight excluding hydrogens is 330 g/mol. The number of nitrogens with zero attached hydrogens (tertiary/aromatic N) is 3. The molecule has 1 saturated carbocycles. The zero-order valence-electron chi connectivity index (χ0n) is 14.5. The standard InChI is InChI=1S/C17H24F2N4O2/c1-11(2)3-4-15(24)22-9-13-5-6-20-23(13)14(10-22)16(25)21-12-7-17(18,19)8-12/h5-6,11-12,14H,3-4,7-10H2,1-2H3,(H,21,25)/t14-/m0/s1. The second-order valence-electron chi connectivity index (χ2n) is 7.46. The van der Waals surface area contributed by atoms with Crippen LogP contribution in [0.25, 0.3) is 0 Å². The van der Waals surface area contributed by atoms with Crippen molar-refractivity contribution in [3.05, 3.63) is 18.0 Å². The Morgan fingerprint density at radius 3 is 2.76 bits per heavy atom. The average molecular weight is 354 g/mol. The largest absolute Gasteiger partial charge is 0.351 e. The summed E-state index contributed by atoms with van der Waals surface area (Å²) in [6.07, 6.45) is 2.18. The van der Waals surface area contributed by atoms with Crippen molar-refractivity contribution in [3.63, 3.8) is 0 Å². The van der Waals surface area contributed by atoms with E-state index in [0.717, 1.165) is 12.1 Å². The number of nitrogens with one attached hydrogen (secondary N) is 1. The fourth-order valence-corrected chi connectivity index (χ4v) is 3.31. The van der Waals surface area contributed by atoms with Crippen molar-refractivity contribution in [3.8, 4) is 0 Å². The molecule has 1 aromatic heterocycles. The Hall–Kier alpha value is -1.99. The van der Waals surface area contributed by atoms with Crippen LogP contribution in [0.1, 0.15) is 51.3 Å². The number of hydrogen-bond acceptors (Lipinski definition) is 3. The lowest BCUT2D eigenvalue weighted by Gasteiger charge is -2.38. The van der Waals surface area contributed by atoms with Crippen molar-refractivity contribution >= 4 is 11.8 Å². The Bertz CT molecular complexity index is 651. The number of hydrogen-bond donors (Lipinski definition) is 1. The van der Waals surface area contributed by atoms with Gasteiger partial charge in [0.05, 0.1) is 18.8 Å². The summed E-state index contributed by atoms with van der Waals surface area (Å²) in [7, 11) is 0. The Balaban J connectivity index is 1.66. The van der Waals surface area contributed by atoms with Crippen molar-refractivity contribution < 1.29 is 18.4 Å². The lowest BCUT2D eigenvalue weighted by atomic mass is 9.88. The first-order valence-electron chi connectivity index (χ1n) is 8.73. The molecule has 25 heavy (non-hydrogen) atoms.